The highest BCUT2D eigenvalue weighted by Crippen LogP contribution is 2.04. The Morgan fingerprint density at radius 1 is 0.647 bits per heavy atom. The molecule has 0 aliphatic rings. The summed E-state index contributed by atoms with van der Waals surface area (Å²) in [4.78, 5) is 0. The Morgan fingerprint density at radius 3 is 1.06 bits per heavy atom. The molecule has 4 atom stereocenters. The summed E-state index contributed by atoms with van der Waals surface area (Å²) >= 11 is 0. The van der Waals surface area contributed by atoms with Gasteiger partial charge in [-0.05, 0) is 40.2 Å². The van der Waals surface area contributed by atoms with E-state index in [1.807, 2.05) is 27.7 Å². The van der Waals surface area contributed by atoms with E-state index >= 15 is 0 Å². The van der Waals surface area contributed by atoms with E-state index in [-0.39, 0.29) is 24.2 Å². The molecule has 0 heterocycles. The molecule has 0 aliphatic heterocycles. The fraction of sp³-hybridized carbons (Fsp3) is 1.00. The molecule has 108 valence electrons. The van der Waals surface area contributed by atoms with E-state index < -0.39 is 0 Å². The molecule has 0 aliphatic carbocycles. The minimum atomic E-state index is 0.105. The van der Waals surface area contributed by atoms with Gasteiger partial charge in [0.1, 0.15) is 0 Å². The third kappa shape index (κ3) is 21.6. The summed E-state index contributed by atoms with van der Waals surface area (Å²) in [6.45, 7) is 7.91. The minimum Gasteiger partial charge on any atom is -0.333 e. The van der Waals surface area contributed by atoms with Gasteiger partial charge in [-0.25, -0.2) is 0 Å². The van der Waals surface area contributed by atoms with Crippen LogP contribution in [0.4, 0.5) is 0 Å². The van der Waals surface area contributed by atoms with Gasteiger partial charge in [-0.15, -0.1) is 0 Å². The van der Waals surface area contributed by atoms with Gasteiger partial charge in [0.15, 0.2) is 0 Å². The Hall–Kier alpha value is -0.200. The number of hydrogen-bond donors (Lipinski definition) is 5. The maximum absolute atomic E-state index is 5.85. The number of nitrogens with two attached hydrogens (primary N) is 5. The highest BCUT2D eigenvalue weighted by atomic mass is 14.7. The molecule has 0 saturated carbocycles. The number of hydrogen-bond acceptors (Lipinski definition) is 5. The average Bonchev–Trinajstić information content (AvgIpc) is 2.20. The van der Waals surface area contributed by atoms with Gasteiger partial charge in [-0.3, -0.25) is 0 Å². The largest absolute Gasteiger partial charge is 0.333 e. The van der Waals surface area contributed by atoms with Crippen molar-refractivity contribution < 1.29 is 0 Å². The SMILES string of the molecule is CC.CC(N)CC(N)CC(N)CC(C)N.CN. The summed E-state index contributed by atoms with van der Waals surface area (Å²) < 4.78 is 0. The molecule has 5 heteroatoms. The fourth-order valence-electron chi connectivity index (χ4n) is 1.54. The van der Waals surface area contributed by atoms with E-state index in [2.05, 4.69) is 5.73 Å². The Kier molecular flexibility index (Phi) is 20.5. The Morgan fingerprint density at radius 2 is 0.882 bits per heavy atom. The molecular weight excluding hydrogens is 214 g/mol. The summed E-state index contributed by atoms with van der Waals surface area (Å²) in [6, 6.07) is 0.512. The molecule has 0 saturated heterocycles. The van der Waals surface area contributed by atoms with Gasteiger partial charge in [0.2, 0.25) is 0 Å². The lowest BCUT2D eigenvalue weighted by Gasteiger charge is -2.19. The van der Waals surface area contributed by atoms with Gasteiger partial charge in [-0.1, -0.05) is 13.8 Å². The third-order valence-corrected chi connectivity index (χ3v) is 1.95. The van der Waals surface area contributed by atoms with Crippen molar-refractivity contribution >= 4 is 0 Å². The van der Waals surface area contributed by atoms with Gasteiger partial charge in [0.05, 0.1) is 0 Å². The zero-order valence-electron chi connectivity index (χ0n) is 12.3. The van der Waals surface area contributed by atoms with Gasteiger partial charge >= 0.3 is 0 Å². The van der Waals surface area contributed by atoms with Crippen LogP contribution in [0.15, 0.2) is 0 Å². The molecule has 0 radical (unpaired) electrons. The zero-order chi connectivity index (χ0) is 14.4. The van der Waals surface area contributed by atoms with Gasteiger partial charge < -0.3 is 28.7 Å². The van der Waals surface area contributed by atoms with Crippen LogP contribution >= 0.6 is 0 Å². The molecule has 0 amide bonds. The molecule has 0 rings (SSSR count). The van der Waals surface area contributed by atoms with Crippen LogP contribution in [0.2, 0.25) is 0 Å². The van der Waals surface area contributed by atoms with Crippen molar-refractivity contribution in [3.8, 4) is 0 Å². The second kappa shape index (κ2) is 15.8. The Balaban J connectivity index is -0.000000439. The van der Waals surface area contributed by atoms with Crippen LogP contribution in [-0.2, 0) is 0 Å². The summed E-state index contributed by atoms with van der Waals surface area (Å²) in [6.07, 6.45) is 2.46. The second-order valence-corrected chi connectivity index (χ2v) is 4.18. The predicted octanol–water partition coefficient (Wildman–Crippen LogP) is 0.107. The van der Waals surface area contributed by atoms with Crippen LogP contribution in [-0.4, -0.2) is 31.2 Å². The zero-order valence-corrected chi connectivity index (χ0v) is 12.3. The van der Waals surface area contributed by atoms with E-state index in [0.29, 0.717) is 0 Å². The van der Waals surface area contributed by atoms with Crippen molar-refractivity contribution in [2.75, 3.05) is 7.05 Å². The standard InChI is InChI=1S/C9H24N4.C2H6.CH5N/c1-6(10)3-8(12)5-9(13)4-7(2)11;2*1-2/h6-9H,3-5,10-13H2,1-2H3;1-2H3;2H2,1H3. The quantitative estimate of drug-likeness (QED) is 0.456. The average molecular weight is 249 g/mol. The van der Waals surface area contributed by atoms with Crippen molar-refractivity contribution in [3.63, 3.8) is 0 Å². The van der Waals surface area contributed by atoms with E-state index in [0.717, 1.165) is 19.3 Å². The van der Waals surface area contributed by atoms with Crippen LogP contribution in [0.1, 0.15) is 47.0 Å². The maximum Gasteiger partial charge on any atom is 0.00681 e. The lowest BCUT2D eigenvalue weighted by molar-refractivity contribution is 0.436. The molecule has 17 heavy (non-hydrogen) atoms. The lowest BCUT2D eigenvalue weighted by atomic mass is 9.98. The van der Waals surface area contributed by atoms with Crippen molar-refractivity contribution in [2.24, 2.45) is 28.7 Å². The molecule has 0 aromatic rings. The molecule has 5 nitrogen and oxygen atoms in total. The smallest absolute Gasteiger partial charge is 0.00681 e. The summed E-state index contributed by atoms with van der Waals surface area (Å²) in [7, 11) is 1.50. The van der Waals surface area contributed by atoms with Crippen molar-refractivity contribution in [1.29, 1.82) is 0 Å². The first-order chi connectivity index (χ1) is 7.91. The third-order valence-electron chi connectivity index (χ3n) is 1.95. The summed E-state index contributed by atoms with van der Waals surface area (Å²) in [5.74, 6) is 0. The van der Waals surface area contributed by atoms with Gasteiger partial charge in [0.25, 0.3) is 0 Å². The molecule has 0 bridgehead atoms. The molecule has 4 unspecified atom stereocenters. The van der Waals surface area contributed by atoms with Gasteiger partial charge in [0, 0.05) is 24.2 Å². The Labute approximate surface area is 107 Å². The molecule has 10 N–H and O–H groups in total. The lowest BCUT2D eigenvalue weighted by Crippen LogP contribution is -2.38. The predicted molar refractivity (Wildman–Crippen MR) is 78.6 cm³/mol. The van der Waals surface area contributed by atoms with Crippen molar-refractivity contribution in [2.45, 2.75) is 71.1 Å². The summed E-state index contributed by atoms with van der Waals surface area (Å²) in [5, 5.41) is 0. The van der Waals surface area contributed by atoms with E-state index in [9.17, 15) is 0 Å². The normalized spacial score (nSPS) is 16.6. The van der Waals surface area contributed by atoms with Gasteiger partial charge in [-0.2, -0.15) is 0 Å². The minimum absolute atomic E-state index is 0.105. The first kappa shape index (κ1) is 22.0. The Bertz CT molecular complexity index is 114. The van der Waals surface area contributed by atoms with E-state index in [4.69, 9.17) is 22.9 Å². The first-order valence-electron chi connectivity index (χ1n) is 6.51. The monoisotopic (exact) mass is 249 g/mol. The molecular formula is C12H35N5. The fourth-order valence-corrected chi connectivity index (χ4v) is 1.54. The van der Waals surface area contributed by atoms with Crippen LogP contribution in [0.3, 0.4) is 0 Å². The van der Waals surface area contributed by atoms with Crippen LogP contribution in [0.5, 0.6) is 0 Å². The molecule has 0 fully saturated rings. The molecule has 0 aromatic carbocycles. The maximum atomic E-state index is 5.85. The highest BCUT2D eigenvalue weighted by molar-refractivity contribution is 4.75. The highest BCUT2D eigenvalue weighted by Gasteiger charge is 2.12. The number of rotatable bonds is 6. The summed E-state index contributed by atoms with van der Waals surface area (Å²) in [5.41, 5.74) is 27.5. The molecule has 0 spiro atoms. The second-order valence-electron chi connectivity index (χ2n) is 4.18. The van der Waals surface area contributed by atoms with Crippen LogP contribution < -0.4 is 28.7 Å². The van der Waals surface area contributed by atoms with E-state index in [1.165, 1.54) is 7.05 Å². The first-order valence-corrected chi connectivity index (χ1v) is 6.51. The van der Waals surface area contributed by atoms with Crippen molar-refractivity contribution in [1.82, 2.24) is 0 Å². The molecule has 0 aromatic heterocycles. The van der Waals surface area contributed by atoms with Crippen LogP contribution in [0, 0.1) is 0 Å². The van der Waals surface area contributed by atoms with Crippen molar-refractivity contribution in [3.05, 3.63) is 0 Å². The van der Waals surface area contributed by atoms with Crippen LogP contribution in [0.25, 0.3) is 0 Å². The topological polar surface area (TPSA) is 130 Å². The van der Waals surface area contributed by atoms with E-state index in [1.54, 1.807) is 0 Å².